The first-order chi connectivity index (χ1) is 10.7. The summed E-state index contributed by atoms with van der Waals surface area (Å²) in [6, 6.07) is 7.85. The van der Waals surface area contributed by atoms with Crippen molar-refractivity contribution in [2.75, 3.05) is 6.26 Å². The van der Waals surface area contributed by atoms with Gasteiger partial charge in [-0.25, -0.2) is 0 Å². The summed E-state index contributed by atoms with van der Waals surface area (Å²) in [5.41, 5.74) is -1.89. The molecule has 1 unspecified atom stereocenters. The number of hydrogen-bond donors (Lipinski definition) is 0. The van der Waals surface area contributed by atoms with Gasteiger partial charge in [0.15, 0.2) is 0 Å². The lowest BCUT2D eigenvalue weighted by atomic mass is 10.2. The second-order valence-corrected chi connectivity index (χ2v) is 5.88. The summed E-state index contributed by atoms with van der Waals surface area (Å²) in [4.78, 5) is 10.3. The van der Waals surface area contributed by atoms with Crippen molar-refractivity contribution in [3.63, 3.8) is 0 Å². The quantitative estimate of drug-likeness (QED) is 0.617. The predicted molar refractivity (Wildman–Crippen MR) is 76.9 cm³/mol. The molecule has 0 fully saturated rings. The molecule has 0 heterocycles. The molecule has 0 aliphatic carbocycles. The Morgan fingerprint density at radius 2 is 1.70 bits per heavy atom. The van der Waals surface area contributed by atoms with Crippen LogP contribution in [0.5, 0.6) is 11.5 Å². The van der Waals surface area contributed by atoms with E-state index in [9.17, 15) is 27.5 Å². The van der Waals surface area contributed by atoms with Gasteiger partial charge in [-0.3, -0.25) is 14.3 Å². The number of halogens is 3. The van der Waals surface area contributed by atoms with Crippen molar-refractivity contribution in [1.82, 2.24) is 0 Å². The third kappa shape index (κ3) is 4.28. The smallest absolute Gasteiger partial charge is 0.416 e. The summed E-state index contributed by atoms with van der Waals surface area (Å²) in [5.74, 6) is -0.135. The molecule has 9 heteroatoms. The van der Waals surface area contributed by atoms with E-state index in [1.807, 2.05) is 0 Å². The minimum atomic E-state index is -4.73. The molecule has 0 aliphatic rings. The zero-order chi connectivity index (χ0) is 17.2. The van der Waals surface area contributed by atoms with Crippen molar-refractivity contribution in [2.24, 2.45) is 0 Å². The second kappa shape index (κ2) is 6.37. The molecule has 2 rings (SSSR count). The van der Waals surface area contributed by atoms with Crippen molar-refractivity contribution in [3.05, 3.63) is 58.1 Å². The molecule has 5 nitrogen and oxygen atoms in total. The zero-order valence-electron chi connectivity index (χ0n) is 11.7. The molecule has 23 heavy (non-hydrogen) atoms. The average Bonchev–Trinajstić information content (AvgIpc) is 2.46. The van der Waals surface area contributed by atoms with Gasteiger partial charge in [-0.15, -0.1) is 0 Å². The fraction of sp³-hybridized carbons (Fsp3) is 0.143. The van der Waals surface area contributed by atoms with Crippen LogP contribution in [0.1, 0.15) is 5.56 Å². The van der Waals surface area contributed by atoms with E-state index in [0.29, 0.717) is 17.0 Å². The molecule has 0 N–H and O–H groups in total. The Labute approximate surface area is 131 Å². The number of hydrogen-bond acceptors (Lipinski definition) is 4. The predicted octanol–water partition coefficient (Wildman–Crippen LogP) is 4.14. The van der Waals surface area contributed by atoms with Crippen LogP contribution in [-0.4, -0.2) is 15.4 Å². The Hall–Kier alpha value is -2.42. The monoisotopic (exact) mass is 345 g/mol. The van der Waals surface area contributed by atoms with Gasteiger partial charge in [0.25, 0.3) is 5.69 Å². The van der Waals surface area contributed by atoms with Gasteiger partial charge in [0.1, 0.15) is 11.5 Å². The van der Waals surface area contributed by atoms with Gasteiger partial charge in [-0.05, 0) is 30.3 Å². The van der Waals surface area contributed by atoms with E-state index < -0.39 is 33.2 Å². The number of nitro groups is 1. The lowest BCUT2D eigenvalue weighted by Crippen LogP contribution is -2.06. The molecule has 0 bridgehead atoms. The highest BCUT2D eigenvalue weighted by Crippen LogP contribution is 2.36. The summed E-state index contributed by atoms with van der Waals surface area (Å²) in [7, 11) is -1.20. The fourth-order valence-electron chi connectivity index (χ4n) is 1.75. The van der Waals surface area contributed by atoms with Crippen molar-refractivity contribution in [2.45, 2.75) is 11.1 Å². The van der Waals surface area contributed by atoms with Gasteiger partial charge in [0, 0.05) is 28.0 Å². The third-order valence-corrected chi connectivity index (χ3v) is 3.76. The molecule has 2 aromatic rings. The molecular weight excluding hydrogens is 335 g/mol. The summed E-state index contributed by atoms with van der Waals surface area (Å²) in [5, 5.41) is 10.8. The normalized spacial score (nSPS) is 12.7. The van der Waals surface area contributed by atoms with E-state index in [4.69, 9.17) is 4.74 Å². The van der Waals surface area contributed by atoms with Crippen LogP contribution >= 0.6 is 0 Å². The first kappa shape index (κ1) is 16.9. The van der Waals surface area contributed by atoms with E-state index in [2.05, 4.69) is 0 Å². The minimum Gasteiger partial charge on any atom is -0.457 e. The Bertz CT molecular complexity index is 760. The number of nitrogens with zero attached hydrogens (tertiary/aromatic N) is 1. The van der Waals surface area contributed by atoms with Crippen molar-refractivity contribution in [1.29, 1.82) is 0 Å². The maximum Gasteiger partial charge on any atom is 0.416 e. The maximum atomic E-state index is 12.8. The molecule has 0 spiro atoms. The fourth-order valence-corrected chi connectivity index (χ4v) is 2.27. The number of nitro benzene ring substituents is 1. The molecule has 0 radical (unpaired) electrons. The Morgan fingerprint density at radius 3 is 2.17 bits per heavy atom. The summed E-state index contributed by atoms with van der Waals surface area (Å²) in [6.07, 6.45) is -3.25. The topological polar surface area (TPSA) is 69.4 Å². The van der Waals surface area contributed by atoms with Crippen LogP contribution in [0.25, 0.3) is 0 Å². The van der Waals surface area contributed by atoms with Crippen LogP contribution in [-0.2, 0) is 17.0 Å². The molecule has 0 aromatic heterocycles. The second-order valence-electron chi connectivity index (χ2n) is 4.50. The summed E-state index contributed by atoms with van der Waals surface area (Å²) >= 11 is 0. The SMILES string of the molecule is CS(=O)c1ccc(Oc2cc([N+](=O)[O-])cc(C(F)(F)F)c2)cc1. The standard InChI is InChI=1S/C14H10F3NO4S/c1-23(21)13-4-2-11(3-5-13)22-12-7-9(14(15,16)17)6-10(8-12)18(19)20/h2-8H,1H3. The van der Waals surface area contributed by atoms with Crippen LogP contribution in [0.15, 0.2) is 47.4 Å². The largest absolute Gasteiger partial charge is 0.457 e. The first-order valence-corrected chi connectivity index (χ1v) is 7.70. The van der Waals surface area contributed by atoms with Gasteiger partial charge in [-0.2, -0.15) is 13.2 Å². The summed E-state index contributed by atoms with van der Waals surface area (Å²) in [6.45, 7) is 0. The Kier molecular flexibility index (Phi) is 4.69. The third-order valence-electron chi connectivity index (χ3n) is 2.82. The zero-order valence-corrected chi connectivity index (χ0v) is 12.5. The highest BCUT2D eigenvalue weighted by atomic mass is 32.2. The van der Waals surface area contributed by atoms with Crippen LogP contribution in [0.2, 0.25) is 0 Å². The van der Waals surface area contributed by atoms with Crippen molar-refractivity contribution in [3.8, 4) is 11.5 Å². The van der Waals surface area contributed by atoms with Gasteiger partial charge >= 0.3 is 6.18 Å². The Balaban J connectivity index is 2.36. The van der Waals surface area contributed by atoms with E-state index in [1.165, 1.54) is 30.5 Å². The maximum absolute atomic E-state index is 12.8. The van der Waals surface area contributed by atoms with Gasteiger partial charge < -0.3 is 4.74 Å². The number of ether oxygens (including phenoxy) is 1. The molecule has 0 saturated heterocycles. The highest BCUT2D eigenvalue weighted by Gasteiger charge is 2.33. The molecule has 122 valence electrons. The molecule has 0 amide bonds. The lowest BCUT2D eigenvalue weighted by Gasteiger charge is -2.10. The Morgan fingerprint density at radius 1 is 1.09 bits per heavy atom. The van der Waals surface area contributed by atoms with Crippen LogP contribution in [0.4, 0.5) is 18.9 Å². The number of rotatable bonds is 4. The minimum absolute atomic E-state index is 0.174. The van der Waals surface area contributed by atoms with Gasteiger partial charge in [-0.1, -0.05) is 0 Å². The molecule has 1 atom stereocenters. The van der Waals surface area contributed by atoms with Crippen LogP contribution in [0, 0.1) is 10.1 Å². The van der Waals surface area contributed by atoms with Gasteiger partial charge in [0.2, 0.25) is 0 Å². The number of alkyl halides is 3. The molecule has 2 aromatic carbocycles. The van der Waals surface area contributed by atoms with E-state index in [1.54, 1.807) is 0 Å². The summed E-state index contributed by atoms with van der Waals surface area (Å²) < 4.78 is 54.8. The van der Waals surface area contributed by atoms with E-state index in [-0.39, 0.29) is 11.5 Å². The van der Waals surface area contributed by atoms with E-state index in [0.717, 1.165) is 6.07 Å². The molecular formula is C14H10F3NO4S. The van der Waals surface area contributed by atoms with Crippen LogP contribution in [0.3, 0.4) is 0 Å². The van der Waals surface area contributed by atoms with Crippen LogP contribution < -0.4 is 4.74 Å². The highest BCUT2D eigenvalue weighted by molar-refractivity contribution is 7.84. The molecule has 0 saturated carbocycles. The number of benzene rings is 2. The number of non-ortho nitro benzene ring substituents is 1. The van der Waals surface area contributed by atoms with Crippen molar-refractivity contribution < 1.29 is 27.0 Å². The van der Waals surface area contributed by atoms with Crippen molar-refractivity contribution >= 4 is 16.5 Å². The lowest BCUT2D eigenvalue weighted by molar-refractivity contribution is -0.385. The molecule has 0 aliphatic heterocycles. The van der Waals surface area contributed by atoms with E-state index >= 15 is 0 Å². The average molecular weight is 345 g/mol. The first-order valence-electron chi connectivity index (χ1n) is 6.15. The van der Waals surface area contributed by atoms with Gasteiger partial charge in [0.05, 0.1) is 16.6 Å².